The molecule has 1 aliphatic heterocycles. The van der Waals surface area contributed by atoms with Gasteiger partial charge < -0.3 is 9.47 Å². The number of methoxy groups -OCH3 is 1. The molecule has 0 spiro atoms. The summed E-state index contributed by atoms with van der Waals surface area (Å²) in [4.78, 5) is 0. The van der Waals surface area contributed by atoms with Crippen molar-refractivity contribution in [1.82, 2.24) is 0 Å². The molecule has 16 heavy (non-hydrogen) atoms. The van der Waals surface area contributed by atoms with Crippen LogP contribution >= 0.6 is 0 Å². The summed E-state index contributed by atoms with van der Waals surface area (Å²) >= 11 is 0. The number of ether oxygens (including phenoxy) is 2. The summed E-state index contributed by atoms with van der Waals surface area (Å²) in [5.74, 6) is 0.889. The van der Waals surface area contributed by atoms with Gasteiger partial charge in [0.25, 0.3) is 0 Å². The maximum Gasteiger partial charge on any atom is 0.118 e. The van der Waals surface area contributed by atoms with E-state index in [1.165, 1.54) is 12.0 Å². The molecule has 0 N–H and O–H groups in total. The van der Waals surface area contributed by atoms with E-state index in [4.69, 9.17) is 9.47 Å². The van der Waals surface area contributed by atoms with Crippen molar-refractivity contribution in [2.75, 3.05) is 7.11 Å². The third-order valence-corrected chi connectivity index (χ3v) is 3.04. The molecule has 0 aromatic heterocycles. The average Bonchev–Trinajstić information content (AvgIpc) is 2.39. The Morgan fingerprint density at radius 1 is 1.31 bits per heavy atom. The fourth-order valence-electron chi connectivity index (χ4n) is 2.09. The third-order valence-electron chi connectivity index (χ3n) is 3.04. The van der Waals surface area contributed by atoms with Gasteiger partial charge in [-0.1, -0.05) is 18.2 Å². The van der Waals surface area contributed by atoms with Gasteiger partial charge in [-0.15, -0.1) is 6.58 Å². The molecule has 1 aliphatic rings. The number of rotatable bonds is 3. The van der Waals surface area contributed by atoms with Gasteiger partial charge in [0, 0.05) is 0 Å². The zero-order valence-electron chi connectivity index (χ0n) is 9.69. The fourth-order valence-corrected chi connectivity index (χ4v) is 2.09. The first-order valence-corrected chi connectivity index (χ1v) is 5.75. The van der Waals surface area contributed by atoms with Gasteiger partial charge in [0.15, 0.2) is 0 Å². The lowest BCUT2D eigenvalue weighted by molar-refractivity contribution is -0.0265. The molecule has 0 radical (unpaired) electrons. The Labute approximate surface area is 96.9 Å². The Morgan fingerprint density at radius 3 is 2.69 bits per heavy atom. The van der Waals surface area contributed by atoms with Crippen molar-refractivity contribution < 1.29 is 9.47 Å². The molecule has 0 saturated carbocycles. The van der Waals surface area contributed by atoms with Crippen LogP contribution in [0, 0.1) is 0 Å². The number of hydrogen-bond donors (Lipinski definition) is 0. The maximum atomic E-state index is 5.94. The summed E-state index contributed by atoms with van der Waals surface area (Å²) < 4.78 is 11.1. The summed E-state index contributed by atoms with van der Waals surface area (Å²) in [5.41, 5.74) is 1.23. The predicted molar refractivity (Wildman–Crippen MR) is 64.7 cm³/mol. The van der Waals surface area contributed by atoms with Crippen LogP contribution in [-0.2, 0) is 4.74 Å². The van der Waals surface area contributed by atoms with E-state index in [9.17, 15) is 0 Å². The summed E-state index contributed by atoms with van der Waals surface area (Å²) in [6.07, 6.45) is 5.71. The molecule has 0 amide bonds. The smallest absolute Gasteiger partial charge is 0.118 e. The lowest BCUT2D eigenvalue weighted by atomic mass is 9.98. The van der Waals surface area contributed by atoms with Crippen LogP contribution in [0.15, 0.2) is 36.9 Å². The number of hydrogen-bond acceptors (Lipinski definition) is 2. The minimum absolute atomic E-state index is 0.209. The highest BCUT2D eigenvalue weighted by atomic mass is 16.5. The van der Waals surface area contributed by atoms with Crippen molar-refractivity contribution in [2.24, 2.45) is 0 Å². The van der Waals surface area contributed by atoms with Crippen molar-refractivity contribution >= 4 is 0 Å². The highest BCUT2D eigenvalue weighted by Crippen LogP contribution is 2.32. The van der Waals surface area contributed by atoms with Crippen molar-refractivity contribution in [1.29, 1.82) is 0 Å². The van der Waals surface area contributed by atoms with E-state index in [0.717, 1.165) is 18.6 Å². The van der Waals surface area contributed by atoms with Crippen LogP contribution in [-0.4, -0.2) is 13.2 Å². The SMILES string of the molecule is C=C[C@@H]1CCC[C@H](c2ccc(OC)cc2)O1. The first-order valence-electron chi connectivity index (χ1n) is 5.75. The van der Waals surface area contributed by atoms with Gasteiger partial charge in [0.2, 0.25) is 0 Å². The standard InChI is InChI=1S/C14H18O2/c1-3-12-5-4-6-14(16-12)11-7-9-13(15-2)10-8-11/h3,7-10,12,14H,1,4-6H2,2H3/t12-,14-/m1/s1. The molecule has 86 valence electrons. The van der Waals surface area contributed by atoms with Gasteiger partial charge in [0.05, 0.1) is 19.3 Å². The van der Waals surface area contributed by atoms with Crippen LogP contribution in [0.2, 0.25) is 0 Å². The first-order chi connectivity index (χ1) is 7.83. The third kappa shape index (κ3) is 2.45. The van der Waals surface area contributed by atoms with Gasteiger partial charge in [-0.05, 0) is 37.0 Å². The molecule has 1 fully saturated rings. The summed E-state index contributed by atoms with van der Waals surface area (Å²) in [6, 6.07) is 8.12. The van der Waals surface area contributed by atoms with E-state index in [1.807, 2.05) is 18.2 Å². The van der Waals surface area contributed by atoms with Crippen LogP contribution in [0.25, 0.3) is 0 Å². The minimum Gasteiger partial charge on any atom is -0.497 e. The fraction of sp³-hybridized carbons (Fsp3) is 0.429. The quantitative estimate of drug-likeness (QED) is 0.723. The zero-order valence-corrected chi connectivity index (χ0v) is 9.69. The van der Waals surface area contributed by atoms with Crippen molar-refractivity contribution in [2.45, 2.75) is 31.5 Å². The predicted octanol–water partition coefficient (Wildman–Crippen LogP) is 3.49. The normalized spacial score (nSPS) is 25.1. The average molecular weight is 218 g/mol. The maximum absolute atomic E-state index is 5.94. The second-order valence-electron chi connectivity index (χ2n) is 4.10. The largest absolute Gasteiger partial charge is 0.497 e. The van der Waals surface area contributed by atoms with Gasteiger partial charge in [-0.2, -0.15) is 0 Å². The van der Waals surface area contributed by atoms with Crippen molar-refractivity contribution in [3.8, 4) is 5.75 Å². The molecule has 2 nitrogen and oxygen atoms in total. The zero-order chi connectivity index (χ0) is 11.4. The van der Waals surface area contributed by atoms with E-state index >= 15 is 0 Å². The molecule has 2 heteroatoms. The van der Waals surface area contributed by atoms with Gasteiger partial charge in [-0.3, -0.25) is 0 Å². The van der Waals surface area contributed by atoms with E-state index in [1.54, 1.807) is 7.11 Å². The van der Waals surface area contributed by atoms with Crippen LogP contribution in [0.1, 0.15) is 30.9 Å². The highest BCUT2D eigenvalue weighted by molar-refractivity contribution is 5.28. The molecule has 1 heterocycles. The summed E-state index contributed by atoms with van der Waals surface area (Å²) in [6.45, 7) is 3.79. The van der Waals surface area contributed by atoms with Crippen LogP contribution in [0.3, 0.4) is 0 Å². The second kappa shape index (κ2) is 5.17. The topological polar surface area (TPSA) is 18.5 Å². The Kier molecular flexibility index (Phi) is 3.62. The number of benzene rings is 1. The summed E-state index contributed by atoms with van der Waals surface area (Å²) in [5, 5.41) is 0. The van der Waals surface area contributed by atoms with Gasteiger partial charge >= 0.3 is 0 Å². The minimum atomic E-state index is 0.209. The van der Waals surface area contributed by atoms with E-state index in [-0.39, 0.29) is 12.2 Å². The lowest BCUT2D eigenvalue weighted by Gasteiger charge is -2.28. The Hall–Kier alpha value is -1.28. The van der Waals surface area contributed by atoms with Crippen molar-refractivity contribution in [3.05, 3.63) is 42.5 Å². The van der Waals surface area contributed by atoms with Crippen LogP contribution in [0.5, 0.6) is 5.75 Å². The molecule has 1 aromatic carbocycles. The van der Waals surface area contributed by atoms with Gasteiger partial charge in [-0.25, -0.2) is 0 Å². The molecule has 1 aromatic rings. The lowest BCUT2D eigenvalue weighted by Crippen LogP contribution is -2.20. The molecule has 2 rings (SSSR count). The summed E-state index contributed by atoms with van der Waals surface area (Å²) in [7, 11) is 1.68. The second-order valence-corrected chi connectivity index (χ2v) is 4.10. The van der Waals surface area contributed by atoms with E-state index in [0.29, 0.717) is 0 Å². The molecular formula is C14H18O2. The van der Waals surface area contributed by atoms with Gasteiger partial charge in [0.1, 0.15) is 5.75 Å². The van der Waals surface area contributed by atoms with Crippen LogP contribution < -0.4 is 4.74 Å². The molecule has 2 atom stereocenters. The molecule has 0 aliphatic carbocycles. The molecule has 1 saturated heterocycles. The highest BCUT2D eigenvalue weighted by Gasteiger charge is 2.21. The van der Waals surface area contributed by atoms with Crippen molar-refractivity contribution in [3.63, 3.8) is 0 Å². The van der Waals surface area contributed by atoms with E-state index < -0.39 is 0 Å². The molecule has 0 unspecified atom stereocenters. The monoisotopic (exact) mass is 218 g/mol. The Bertz CT molecular complexity index is 342. The molecular weight excluding hydrogens is 200 g/mol. The van der Waals surface area contributed by atoms with E-state index in [2.05, 4.69) is 18.7 Å². The molecule has 0 bridgehead atoms. The Morgan fingerprint density at radius 2 is 2.06 bits per heavy atom. The van der Waals surface area contributed by atoms with Crippen LogP contribution in [0.4, 0.5) is 0 Å². The first kappa shape index (κ1) is 11.2. The Balaban J connectivity index is 2.07.